The molecule has 0 saturated heterocycles. The van der Waals surface area contributed by atoms with Crippen LogP contribution < -0.4 is 0 Å². The van der Waals surface area contributed by atoms with Crippen molar-refractivity contribution in [1.29, 1.82) is 0 Å². The molecule has 0 amide bonds. The molecule has 0 aliphatic carbocycles. The van der Waals surface area contributed by atoms with E-state index in [2.05, 4.69) is 47.3 Å². The zero-order valence-electron chi connectivity index (χ0n) is 11.3. The lowest BCUT2D eigenvalue weighted by molar-refractivity contribution is 0.777. The van der Waals surface area contributed by atoms with E-state index in [1.54, 1.807) is 17.7 Å². The zero-order valence-corrected chi connectivity index (χ0v) is 12.2. The molecule has 0 aliphatic heterocycles. The molecule has 3 rings (SSSR count). The molecule has 3 aromatic heterocycles. The summed E-state index contributed by atoms with van der Waals surface area (Å²) in [7, 11) is 0. The summed E-state index contributed by atoms with van der Waals surface area (Å²) in [5, 5.41) is 6.79. The minimum Gasteiger partial charge on any atom is -0.235 e. The van der Waals surface area contributed by atoms with Gasteiger partial charge in [0, 0.05) is 5.69 Å². The minimum atomic E-state index is 0.902. The molecule has 4 nitrogen and oxygen atoms in total. The van der Waals surface area contributed by atoms with Crippen molar-refractivity contribution in [1.82, 2.24) is 19.7 Å². The van der Waals surface area contributed by atoms with E-state index in [9.17, 15) is 0 Å². The highest BCUT2D eigenvalue weighted by Crippen LogP contribution is 2.28. The van der Waals surface area contributed by atoms with Gasteiger partial charge >= 0.3 is 0 Å². The van der Waals surface area contributed by atoms with Crippen LogP contribution in [0.3, 0.4) is 0 Å². The van der Waals surface area contributed by atoms with Crippen molar-refractivity contribution in [2.45, 2.75) is 33.6 Å². The summed E-state index contributed by atoms with van der Waals surface area (Å²) in [6, 6.07) is 2.16. The van der Waals surface area contributed by atoms with E-state index < -0.39 is 0 Å². The summed E-state index contributed by atoms with van der Waals surface area (Å²) < 4.78 is 3.08. The molecule has 19 heavy (non-hydrogen) atoms. The van der Waals surface area contributed by atoms with Gasteiger partial charge in [-0.2, -0.15) is 5.10 Å². The highest BCUT2D eigenvalue weighted by molar-refractivity contribution is 7.17. The maximum atomic E-state index is 4.66. The van der Waals surface area contributed by atoms with Gasteiger partial charge in [-0.25, -0.2) is 14.6 Å². The number of aryl methyl sites for hydroxylation is 3. The summed E-state index contributed by atoms with van der Waals surface area (Å²) >= 11 is 1.69. The Kier molecular flexibility index (Phi) is 3.06. The molecule has 0 saturated carbocycles. The molecule has 0 aromatic carbocycles. The first-order valence-electron chi connectivity index (χ1n) is 6.51. The van der Waals surface area contributed by atoms with Gasteiger partial charge in [0.2, 0.25) is 0 Å². The van der Waals surface area contributed by atoms with E-state index in [0.717, 1.165) is 34.6 Å². The summed E-state index contributed by atoms with van der Waals surface area (Å²) in [6.45, 7) is 6.35. The van der Waals surface area contributed by atoms with E-state index >= 15 is 0 Å². The molecule has 3 heterocycles. The van der Waals surface area contributed by atoms with Gasteiger partial charge in [-0.1, -0.05) is 13.8 Å². The van der Waals surface area contributed by atoms with Gasteiger partial charge in [0.25, 0.3) is 0 Å². The summed E-state index contributed by atoms with van der Waals surface area (Å²) in [5.74, 6) is 0.902. The highest BCUT2D eigenvalue weighted by atomic mass is 32.1. The number of fused-ring (bicyclic) bond motifs is 1. The third kappa shape index (κ3) is 1.94. The number of hydrogen-bond donors (Lipinski definition) is 0. The smallest absolute Gasteiger partial charge is 0.174 e. The molecule has 0 spiro atoms. The van der Waals surface area contributed by atoms with Crippen molar-refractivity contribution in [3.63, 3.8) is 0 Å². The fourth-order valence-electron chi connectivity index (χ4n) is 2.19. The molecular formula is C14H16N4S. The van der Waals surface area contributed by atoms with Crippen LogP contribution in [0, 0.1) is 6.92 Å². The fraction of sp³-hybridized carbons (Fsp3) is 0.357. The lowest BCUT2D eigenvalue weighted by Crippen LogP contribution is -2.04. The standard InChI is InChI=1S/C14H16N4S/c1-4-10-6-11(5-2)18(17-10)14-13-12(15-8-16-14)9(3)7-19-13/h6-8H,4-5H2,1-3H3. The zero-order chi connectivity index (χ0) is 13.4. The van der Waals surface area contributed by atoms with Gasteiger partial charge < -0.3 is 0 Å². The minimum absolute atomic E-state index is 0.902. The van der Waals surface area contributed by atoms with Gasteiger partial charge in [0.15, 0.2) is 5.82 Å². The second kappa shape index (κ2) is 4.74. The SMILES string of the molecule is CCc1cc(CC)n(-c2ncnc3c(C)csc23)n1. The van der Waals surface area contributed by atoms with Crippen LogP contribution in [0.25, 0.3) is 16.0 Å². The Morgan fingerprint density at radius 3 is 2.79 bits per heavy atom. The highest BCUT2D eigenvalue weighted by Gasteiger charge is 2.14. The van der Waals surface area contributed by atoms with Gasteiger partial charge in [-0.15, -0.1) is 11.3 Å². The maximum Gasteiger partial charge on any atom is 0.174 e. The van der Waals surface area contributed by atoms with E-state index in [0.29, 0.717) is 0 Å². The lowest BCUT2D eigenvalue weighted by atomic mass is 10.2. The van der Waals surface area contributed by atoms with Crippen molar-refractivity contribution in [3.05, 3.63) is 34.7 Å². The Labute approximate surface area is 116 Å². The Morgan fingerprint density at radius 1 is 1.21 bits per heavy atom. The molecule has 0 atom stereocenters. The van der Waals surface area contributed by atoms with Crippen molar-refractivity contribution in [2.75, 3.05) is 0 Å². The molecule has 0 unspecified atom stereocenters. The van der Waals surface area contributed by atoms with Gasteiger partial charge in [0.05, 0.1) is 15.9 Å². The van der Waals surface area contributed by atoms with Crippen LogP contribution in [0.15, 0.2) is 17.8 Å². The van der Waals surface area contributed by atoms with Crippen LogP contribution in [-0.4, -0.2) is 19.7 Å². The first-order valence-corrected chi connectivity index (χ1v) is 7.39. The topological polar surface area (TPSA) is 43.6 Å². The van der Waals surface area contributed by atoms with Gasteiger partial charge in [0.1, 0.15) is 6.33 Å². The lowest BCUT2D eigenvalue weighted by Gasteiger charge is -2.05. The van der Waals surface area contributed by atoms with Crippen molar-refractivity contribution in [3.8, 4) is 5.82 Å². The van der Waals surface area contributed by atoms with Gasteiger partial charge in [-0.05, 0) is 36.8 Å². The summed E-state index contributed by atoms with van der Waals surface area (Å²) in [6.07, 6.45) is 3.52. The molecule has 98 valence electrons. The van der Waals surface area contributed by atoms with E-state index in [-0.39, 0.29) is 0 Å². The van der Waals surface area contributed by atoms with E-state index in [1.165, 1.54) is 11.3 Å². The van der Waals surface area contributed by atoms with Crippen LogP contribution in [0.2, 0.25) is 0 Å². The van der Waals surface area contributed by atoms with E-state index in [1.807, 2.05) is 4.68 Å². The Balaban J connectivity index is 2.26. The average molecular weight is 272 g/mol. The quantitative estimate of drug-likeness (QED) is 0.734. The molecule has 0 aliphatic rings. The molecule has 3 aromatic rings. The number of nitrogens with zero attached hydrogens (tertiary/aromatic N) is 4. The molecule has 5 heteroatoms. The average Bonchev–Trinajstić information content (AvgIpc) is 3.02. The Hall–Kier alpha value is -1.75. The van der Waals surface area contributed by atoms with Crippen LogP contribution in [0.4, 0.5) is 0 Å². The normalized spacial score (nSPS) is 11.3. The van der Waals surface area contributed by atoms with Crippen LogP contribution in [0.1, 0.15) is 30.8 Å². The molecular weight excluding hydrogens is 256 g/mol. The van der Waals surface area contributed by atoms with Crippen molar-refractivity contribution >= 4 is 21.6 Å². The predicted molar refractivity (Wildman–Crippen MR) is 78.0 cm³/mol. The second-order valence-corrected chi connectivity index (χ2v) is 5.42. The summed E-state index contributed by atoms with van der Waals surface area (Å²) in [4.78, 5) is 8.81. The van der Waals surface area contributed by atoms with Crippen LogP contribution >= 0.6 is 11.3 Å². The molecule has 0 N–H and O–H groups in total. The third-order valence-corrected chi connectivity index (χ3v) is 4.35. The maximum absolute atomic E-state index is 4.66. The number of thiophene rings is 1. The summed E-state index contributed by atoms with van der Waals surface area (Å²) in [5.41, 5.74) is 4.54. The number of rotatable bonds is 3. The third-order valence-electron chi connectivity index (χ3n) is 3.27. The molecule has 0 radical (unpaired) electrons. The first-order chi connectivity index (χ1) is 9.24. The largest absolute Gasteiger partial charge is 0.235 e. The van der Waals surface area contributed by atoms with E-state index in [4.69, 9.17) is 0 Å². The van der Waals surface area contributed by atoms with Crippen LogP contribution in [-0.2, 0) is 12.8 Å². The van der Waals surface area contributed by atoms with Crippen molar-refractivity contribution in [2.24, 2.45) is 0 Å². The molecule has 0 fully saturated rings. The monoisotopic (exact) mass is 272 g/mol. The number of hydrogen-bond acceptors (Lipinski definition) is 4. The van der Waals surface area contributed by atoms with Crippen LogP contribution in [0.5, 0.6) is 0 Å². The Morgan fingerprint density at radius 2 is 2.05 bits per heavy atom. The van der Waals surface area contributed by atoms with Crippen molar-refractivity contribution < 1.29 is 0 Å². The predicted octanol–water partition coefficient (Wildman–Crippen LogP) is 3.31. The van der Waals surface area contributed by atoms with Gasteiger partial charge in [-0.3, -0.25) is 0 Å². The molecule has 0 bridgehead atoms. The first kappa shape index (κ1) is 12.3. The number of aromatic nitrogens is 4. The Bertz CT molecular complexity index is 726. The second-order valence-electron chi connectivity index (χ2n) is 4.54. The fourth-order valence-corrected chi connectivity index (χ4v) is 3.17.